The topological polar surface area (TPSA) is 39.2 Å². The van der Waals surface area contributed by atoms with Crippen molar-refractivity contribution < 1.29 is 9.53 Å². The van der Waals surface area contributed by atoms with Crippen LogP contribution in [0.2, 0.25) is 10.2 Å². The molecule has 2 rings (SSSR count). The van der Waals surface area contributed by atoms with Crippen LogP contribution in [-0.2, 0) is 4.74 Å². The van der Waals surface area contributed by atoms with Gasteiger partial charge in [0.1, 0.15) is 5.15 Å². The SMILES string of the molecule is O=C(OCC1CCCC1)c1cc(Cl)ncc1Cl. The summed E-state index contributed by atoms with van der Waals surface area (Å²) in [6, 6.07) is 1.43. The molecule has 0 atom stereocenters. The van der Waals surface area contributed by atoms with Crippen LogP contribution in [0.4, 0.5) is 0 Å². The molecule has 17 heavy (non-hydrogen) atoms. The van der Waals surface area contributed by atoms with Crippen molar-refractivity contribution in [3.63, 3.8) is 0 Å². The van der Waals surface area contributed by atoms with Crippen molar-refractivity contribution >= 4 is 29.2 Å². The number of rotatable bonds is 3. The Balaban J connectivity index is 1.96. The predicted octanol–water partition coefficient (Wildman–Crippen LogP) is 3.74. The predicted molar refractivity (Wildman–Crippen MR) is 66.5 cm³/mol. The Morgan fingerprint density at radius 1 is 1.41 bits per heavy atom. The zero-order chi connectivity index (χ0) is 12.3. The number of ether oxygens (including phenoxy) is 1. The molecule has 0 radical (unpaired) electrons. The minimum Gasteiger partial charge on any atom is -0.462 e. The van der Waals surface area contributed by atoms with E-state index in [1.807, 2.05) is 0 Å². The molecule has 1 saturated carbocycles. The lowest BCUT2D eigenvalue weighted by atomic mass is 10.1. The highest BCUT2D eigenvalue weighted by Gasteiger charge is 2.19. The molecule has 1 aliphatic carbocycles. The molecule has 1 aromatic rings. The van der Waals surface area contributed by atoms with E-state index in [0.717, 1.165) is 12.8 Å². The van der Waals surface area contributed by atoms with E-state index in [-0.39, 0.29) is 15.7 Å². The standard InChI is InChI=1S/C12H13Cl2NO2/c13-10-6-15-11(14)5-9(10)12(16)17-7-8-3-1-2-4-8/h5-6,8H,1-4,7H2. The van der Waals surface area contributed by atoms with Crippen molar-refractivity contribution in [2.75, 3.05) is 6.61 Å². The van der Waals surface area contributed by atoms with Crippen LogP contribution in [0.25, 0.3) is 0 Å². The average molecular weight is 274 g/mol. The van der Waals surface area contributed by atoms with Crippen LogP contribution in [0.1, 0.15) is 36.0 Å². The summed E-state index contributed by atoms with van der Waals surface area (Å²) in [7, 11) is 0. The first-order valence-corrected chi connectivity index (χ1v) is 6.40. The summed E-state index contributed by atoms with van der Waals surface area (Å²) < 4.78 is 5.24. The smallest absolute Gasteiger partial charge is 0.339 e. The van der Waals surface area contributed by atoms with Crippen LogP contribution >= 0.6 is 23.2 Å². The van der Waals surface area contributed by atoms with Crippen molar-refractivity contribution in [3.8, 4) is 0 Å². The first-order chi connectivity index (χ1) is 8.16. The van der Waals surface area contributed by atoms with Crippen LogP contribution in [0.5, 0.6) is 0 Å². The van der Waals surface area contributed by atoms with Crippen molar-refractivity contribution in [3.05, 3.63) is 28.0 Å². The Hall–Kier alpha value is -0.800. The highest BCUT2D eigenvalue weighted by molar-refractivity contribution is 6.34. The van der Waals surface area contributed by atoms with E-state index in [0.29, 0.717) is 12.5 Å². The molecule has 0 amide bonds. The number of hydrogen-bond acceptors (Lipinski definition) is 3. The first-order valence-electron chi connectivity index (χ1n) is 5.65. The van der Waals surface area contributed by atoms with Gasteiger partial charge in [-0.05, 0) is 24.8 Å². The zero-order valence-corrected chi connectivity index (χ0v) is 10.8. The van der Waals surface area contributed by atoms with Gasteiger partial charge in [-0.1, -0.05) is 36.0 Å². The molecule has 92 valence electrons. The lowest BCUT2D eigenvalue weighted by Gasteiger charge is -2.10. The highest BCUT2D eigenvalue weighted by Crippen LogP contribution is 2.25. The van der Waals surface area contributed by atoms with E-state index >= 15 is 0 Å². The lowest BCUT2D eigenvalue weighted by Crippen LogP contribution is -2.12. The van der Waals surface area contributed by atoms with Gasteiger partial charge in [-0.25, -0.2) is 9.78 Å². The monoisotopic (exact) mass is 273 g/mol. The van der Waals surface area contributed by atoms with E-state index in [4.69, 9.17) is 27.9 Å². The van der Waals surface area contributed by atoms with Gasteiger partial charge in [-0.2, -0.15) is 0 Å². The summed E-state index contributed by atoms with van der Waals surface area (Å²) in [5.74, 6) is 0.0706. The van der Waals surface area contributed by atoms with Gasteiger partial charge in [-0.3, -0.25) is 0 Å². The summed E-state index contributed by atoms with van der Waals surface area (Å²) >= 11 is 11.6. The summed E-state index contributed by atoms with van der Waals surface area (Å²) in [4.78, 5) is 15.6. The Morgan fingerprint density at radius 2 is 2.12 bits per heavy atom. The molecular formula is C12H13Cl2NO2. The molecule has 1 heterocycles. The number of hydrogen-bond donors (Lipinski definition) is 0. The second kappa shape index (κ2) is 5.69. The fraction of sp³-hybridized carbons (Fsp3) is 0.500. The molecule has 0 aliphatic heterocycles. The Bertz CT molecular complexity index is 417. The van der Waals surface area contributed by atoms with Gasteiger partial charge < -0.3 is 4.74 Å². The summed E-state index contributed by atoms with van der Waals surface area (Å²) in [6.07, 6.45) is 6.08. The van der Waals surface area contributed by atoms with Crippen molar-refractivity contribution in [1.82, 2.24) is 4.98 Å². The van der Waals surface area contributed by atoms with Gasteiger partial charge in [0.2, 0.25) is 0 Å². The van der Waals surface area contributed by atoms with Crippen LogP contribution in [-0.4, -0.2) is 17.6 Å². The minimum absolute atomic E-state index is 0.238. The molecule has 3 nitrogen and oxygen atoms in total. The Morgan fingerprint density at radius 3 is 2.82 bits per heavy atom. The number of nitrogens with zero attached hydrogens (tertiary/aromatic N) is 1. The van der Waals surface area contributed by atoms with Crippen LogP contribution in [0.15, 0.2) is 12.3 Å². The number of esters is 1. The Labute approximate surface area is 110 Å². The lowest BCUT2D eigenvalue weighted by molar-refractivity contribution is 0.0442. The summed E-state index contributed by atoms with van der Waals surface area (Å²) in [6.45, 7) is 0.467. The zero-order valence-electron chi connectivity index (χ0n) is 9.29. The van der Waals surface area contributed by atoms with Gasteiger partial charge in [0.25, 0.3) is 0 Å². The number of carbonyl (C=O) groups is 1. The number of halogens is 2. The molecular weight excluding hydrogens is 261 g/mol. The molecule has 0 N–H and O–H groups in total. The summed E-state index contributed by atoms with van der Waals surface area (Å²) in [5.41, 5.74) is 0.282. The molecule has 0 bridgehead atoms. The third-order valence-corrected chi connectivity index (χ3v) is 3.47. The van der Waals surface area contributed by atoms with Gasteiger partial charge >= 0.3 is 5.97 Å². The number of pyridine rings is 1. The van der Waals surface area contributed by atoms with E-state index in [1.165, 1.54) is 25.1 Å². The molecule has 0 aromatic carbocycles. The summed E-state index contributed by atoms with van der Waals surface area (Å²) in [5, 5.41) is 0.507. The highest BCUT2D eigenvalue weighted by atomic mass is 35.5. The first kappa shape index (κ1) is 12.7. The average Bonchev–Trinajstić information content (AvgIpc) is 2.82. The maximum absolute atomic E-state index is 11.8. The largest absolute Gasteiger partial charge is 0.462 e. The number of carbonyl (C=O) groups excluding carboxylic acids is 1. The van der Waals surface area contributed by atoms with E-state index in [2.05, 4.69) is 4.98 Å². The van der Waals surface area contributed by atoms with E-state index in [9.17, 15) is 4.79 Å². The van der Waals surface area contributed by atoms with Crippen LogP contribution in [0, 0.1) is 5.92 Å². The van der Waals surface area contributed by atoms with E-state index in [1.54, 1.807) is 0 Å². The second-order valence-electron chi connectivity index (χ2n) is 4.24. The fourth-order valence-electron chi connectivity index (χ4n) is 2.02. The fourth-order valence-corrected chi connectivity index (χ4v) is 2.36. The molecule has 0 spiro atoms. The van der Waals surface area contributed by atoms with Crippen LogP contribution < -0.4 is 0 Å². The molecule has 1 fully saturated rings. The second-order valence-corrected chi connectivity index (χ2v) is 5.03. The van der Waals surface area contributed by atoms with Gasteiger partial charge in [0, 0.05) is 6.20 Å². The number of aromatic nitrogens is 1. The van der Waals surface area contributed by atoms with Gasteiger partial charge in [0.15, 0.2) is 0 Å². The molecule has 1 aliphatic rings. The Kier molecular flexibility index (Phi) is 4.24. The molecule has 5 heteroatoms. The minimum atomic E-state index is -0.425. The van der Waals surface area contributed by atoms with Crippen molar-refractivity contribution in [2.24, 2.45) is 5.92 Å². The molecule has 1 aromatic heterocycles. The van der Waals surface area contributed by atoms with E-state index < -0.39 is 5.97 Å². The third kappa shape index (κ3) is 3.33. The quantitative estimate of drug-likeness (QED) is 0.622. The van der Waals surface area contributed by atoms with Crippen LogP contribution in [0.3, 0.4) is 0 Å². The maximum atomic E-state index is 11.8. The van der Waals surface area contributed by atoms with Gasteiger partial charge in [0.05, 0.1) is 17.2 Å². The normalized spacial score (nSPS) is 16.1. The maximum Gasteiger partial charge on any atom is 0.339 e. The third-order valence-electron chi connectivity index (χ3n) is 2.97. The van der Waals surface area contributed by atoms with Crippen molar-refractivity contribution in [1.29, 1.82) is 0 Å². The van der Waals surface area contributed by atoms with Gasteiger partial charge in [-0.15, -0.1) is 0 Å². The molecule has 0 saturated heterocycles. The molecule has 0 unspecified atom stereocenters. The van der Waals surface area contributed by atoms with Crippen molar-refractivity contribution in [2.45, 2.75) is 25.7 Å².